The third-order valence-electron chi connectivity index (χ3n) is 2.87. The maximum atomic E-state index is 12.4. The molecule has 1 aromatic heterocycles. The smallest absolute Gasteiger partial charge is 0.280 e. The van der Waals surface area contributed by atoms with Crippen molar-refractivity contribution in [3.8, 4) is 5.75 Å². The van der Waals surface area contributed by atoms with Gasteiger partial charge in [0.1, 0.15) is 5.75 Å². The molecule has 0 aliphatic rings. The Balaban J connectivity index is 2.23. The fourth-order valence-electron chi connectivity index (χ4n) is 1.83. The molecule has 0 saturated heterocycles. The number of methoxy groups -OCH3 is 1. The predicted molar refractivity (Wildman–Crippen MR) is 74.8 cm³/mol. The first-order chi connectivity index (χ1) is 9.67. The van der Waals surface area contributed by atoms with Gasteiger partial charge in [-0.3, -0.25) is 9.48 Å². The number of carbonyl (C=O) groups excluding carboxylic acids is 1. The Bertz CT molecular complexity index is 596. The highest BCUT2D eigenvalue weighted by molar-refractivity contribution is 6.04. The van der Waals surface area contributed by atoms with Gasteiger partial charge >= 0.3 is 0 Å². The fraction of sp³-hybridized carbons (Fsp3) is 0.308. The number of ether oxygens (including phenoxy) is 1. The van der Waals surface area contributed by atoms with E-state index in [0.717, 1.165) is 0 Å². The number of rotatable bonds is 5. The molecule has 0 saturated carbocycles. The van der Waals surface area contributed by atoms with Gasteiger partial charge in [-0.25, -0.2) is 0 Å². The highest BCUT2D eigenvalue weighted by Gasteiger charge is 2.19. The third kappa shape index (κ3) is 2.77. The number of hydrogen-bond acceptors (Lipinski definition) is 5. The van der Waals surface area contributed by atoms with Gasteiger partial charge in [-0.15, -0.1) is 5.10 Å². The minimum atomic E-state index is -0.252. The summed E-state index contributed by atoms with van der Waals surface area (Å²) in [6.07, 6.45) is 1.58. The van der Waals surface area contributed by atoms with Crippen LogP contribution in [0.1, 0.15) is 10.5 Å². The Hall–Kier alpha value is -2.41. The first-order valence-corrected chi connectivity index (χ1v) is 6.18. The fourth-order valence-corrected chi connectivity index (χ4v) is 1.83. The molecule has 20 heavy (non-hydrogen) atoms. The van der Waals surface area contributed by atoms with Crippen molar-refractivity contribution in [3.05, 3.63) is 36.2 Å². The average Bonchev–Trinajstić information content (AvgIpc) is 2.94. The van der Waals surface area contributed by atoms with Crippen LogP contribution in [0.2, 0.25) is 0 Å². The molecule has 1 aromatic carbocycles. The van der Waals surface area contributed by atoms with Crippen LogP contribution in [0.25, 0.3) is 0 Å². The summed E-state index contributed by atoms with van der Waals surface area (Å²) in [5.41, 5.74) is 6.38. The molecule has 0 spiro atoms. The molecule has 7 heteroatoms. The zero-order valence-electron chi connectivity index (χ0n) is 11.5. The van der Waals surface area contributed by atoms with Crippen molar-refractivity contribution in [1.29, 1.82) is 0 Å². The molecular weight excluding hydrogens is 258 g/mol. The summed E-state index contributed by atoms with van der Waals surface area (Å²) < 4.78 is 6.79. The number of hydrogen-bond donors (Lipinski definition) is 1. The van der Waals surface area contributed by atoms with Crippen molar-refractivity contribution in [2.24, 2.45) is 5.73 Å². The van der Waals surface area contributed by atoms with Gasteiger partial charge in [0.25, 0.3) is 5.91 Å². The maximum absolute atomic E-state index is 12.4. The Morgan fingerprint density at radius 2 is 2.20 bits per heavy atom. The summed E-state index contributed by atoms with van der Waals surface area (Å²) in [6, 6.07) is 7.29. The van der Waals surface area contributed by atoms with Crippen LogP contribution in [0.5, 0.6) is 5.75 Å². The van der Waals surface area contributed by atoms with Crippen LogP contribution in [0.3, 0.4) is 0 Å². The standard InChI is InChI=1S/C13H17N5O2/c1-17(11-5-3-4-6-12(11)20-2)13(19)10-9-18(8-7-14)16-15-10/h3-6,9H,7-8,14H2,1-2H3. The highest BCUT2D eigenvalue weighted by Crippen LogP contribution is 2.27. The summed E-state index contributed by atoms with van der Waals surface area (Å²) in [5.74, 6) is 0.371. The summed E-state index contributed by atoms with van der Waals surface area (Å²) in [6.45, 7) is 0.970. The van der Waals surface area contributed by atoms with E-state index in [1.807, 2.05) is 12.1 Å². The van der Waals surface area contributed by atoms with Gasteiger partial charge in [0.15, 0.2) is 5.69 Å². The number of carbonyl (C=O) groups is 1. The molecule has 1 amide bonds. The first kappa shape index (κ1) is 14.0. The average molecular weight is 275 g/mol. The Kier molecular flexibility index (Phi) is 4.31. The monoisotopic (exact) mass is 275 g/mol. The minimum absolute atomic E-state index is 0.252. The number of nitrogens with zero attached hydrogens (tertiary/aromatic N) is 4. The van der Waals surface area contributed by atoms with E-state index in [4.69, 9.17) is 10.5 Å². The van der Waals surface area contributed by atoms with Crippen molar-refractivity contribution in [1.82, 2.24) is 15.0 Å². The SMILES string of the molecule is COc1ccccc1N(C)C(=O)c1cn(CCN)nn1. The Morgan fingerprint density at radius 3 is 2.90 bits per heavy atom. The maximum Gasteiger partial charge on any atom is 0.280 e. The van der Waals surface area contributed by atoms with Gasteiger partial charge in [-0.1, -0.05) is 17.3 Å². The molecule has 0 unspecified atom stereocenters. The lowest BCUT2D eigenvalue weighted by atomic mass is 10.2. The van der Waals surface area contributed by atoms with E-state index in [2.05, 4.69) is 10.3 Å². The second-order valence-corrected chi connectivity index (χ2v) is 4.19. The molecule has 2 N–H and O–H groups in total. The van der Waals surface area contributed by atoms with Gasteiger partial charge in [-0.2, -0.15) is 0 Å². The largest absolute Gasteiger partial charge is 0.495 e. The van der Waals surface area contributed by atoms with E-state index in [1.54, 1.807) is 37.2 Å². The molecular formula is C13H17N5O2. The van der Waals surface area contributed by atoms with Crippen LogP contribution in [-0.2, 0) is 6.54 Å². The first-order valence-electron chi connectivity index (χ1n) is 6.18. The van der Waals surface area contributed by atoms with Crippen LogP contribution in [0.15, 0.2) is 30.5 Å². The van der Waals surface area contributed by atoms with E-state index in [-0.39, 0.29) is 11.6 Å². The molecule has 1 heterocycles. The molecule has 2 rings (SSSR count). The number of para-hydroxylation sites is 2. The summed E-state index contributed by atoms with van der Waals surface area (Å²) >= 11 is 0. The topological polar surface area (TPSA) is 86.3 Å². The molecule has 0 fully saturated rings. The lowest BCUT2D eigenvalue weighted by Gasteiger charge is -2.18. The molecule has 0 atom stereocenters. The van der Waals surface area contributed by atoms with Gasteiger partial charge in [0.05, 0.1) is 25.5 Å². The molecule has 106 valence electrons. The van der Waals surface area contributed by atoms with E-state index >= 15 is 0 Å². The van der Waals surface area contributed by atoms with Crippen LogP contribution in [0, 0.1) is 0 Å². The zero-order valence-corrected chi connectivity index (χ0v) is 11.5. The normalized spacial score (nSPS) is 10.3. The summed E-state index contributed by atoms with van der Waals surface area (Å²) in [5, 5.41) is 7.72. The van der Waals surface area contributed by atoms with Crippen LogP contribution in [0.4, 0.5) is 5.69 Å². The third-order valence-corrected chi connectivity index (χ3v) is 2.87. The van der Waals surface area contributed by atoms with Crippen molar-refractivity contribution in [2.45, 2.75) is 6.54 Å². The second-order valence-electron chi connectivity index (χ2n) is 4.19. The highest BCUT2D eigenvalue weighted by atomic mass is 16.5. The number of anilines is 1. The lowest BCUT2D eigenvalue weighted by molar-refractivity contribution is 0.0987. The number of nitrogens with two attached hydrogens (primary N) is 1. The number of amides is 1. The van der Waals surface area contributed by atoms with Gasteiger partial charge < -0.3 is 15.4 Å². The van der Waals surface area contributed by atoms with E-state index in [1.165, 1.54) is 4.90 Å². The quantitative estimate of drug-likeness (QED) is 0.859. The molecule has 2 aromatic rings. The van der Waals surface area contributed by atoms with E-state index < -0.39 is 0 Å². The van der Waals surface area contributed by atoms with Gasteiger partial charge in [0.2, 0.25) is 0 Å². The van der Waals surface area contributed by atoms with Crippen LogP contribution in [-0.4, -0.2) is 41.6 Å². The van der Waals surface area contributed by atoms with Crippen LogP contribution < -0.4 is 15.4 Å². The number of benzene rings is 1. The summed E-state index contributed by atoms with van der Waals surface area (Å²) in [4.78, 5) is 13.8. The second kappa shape index (κ2) is 6.16. The van der Waals surface area contributed by atoms with Crippen LogP contribution >= 0.6 is 0 Å². The van der Waals surface area contributed by atoms with Crippen molar-refractivity contribution < 1.29 is 9.53 Å². The van der Waals surface area contributed by atoms with E-state index in [9.17, 15) is 4.79 Å². The molecule has 0 aliphatic heterocycles. The van der Waals surface area contributed by atoms with Gasteiger partial charge in [-0.05, 0) is 12.1 Å². The minimum Gasteiger partial charge on any atom is -0.495 e. The molecule has 0 radical (unpaired) electrons. The Labute approximate surface area is 116 Å². The molecule has 0 aliphatic carbocycles. The molecule has 7 nitrogen and oxygen atoms in total. The van der Waals surface area contributed by atoms with Crippen molar-refractivity contribution in [3.63, 3.8) is 0 Å². The zero-order chi connectivity index (χ0) is 14.5. The van der Waals surface area contributed by atoms with Crippen molar-refractivity contribution >= 4 is 11.6 Å². The lowest BCUT2D eigenvalue weighted by Crippen LogP contribution is -2.27. The summed E-state index contributed by atoms with van der Waals surface area (Å²) in [7, 11) is 3.23. The van der Waals surface area contributed by atoms with E-state index in [0.29, 0.717) is 24.5 Å². The van der Waals surface area contributed by atoms with Gasteiger partial charge in [0, 0.05) is 13.6 Å². The Morgan fingerprint density at radius 1 is 1.45 bits per heavy atom. The predicted octanol–water partition coefficient (Wildman–Crippen LogP) is 0.522. The molecule has 0 bridgehead atoms. The van der Waals surface area contributed by atoms with Crippen molar-refractivity contribution in [2.75, 3.05) is 25.6 Å². The number of aromatic nitrogens is 3.